The maximum absolute atomic E-state index is 3.85. The smallest absolute Gasteiger partial charge is 0.0971 e. The van der Waals surface area contributed by atoms with Crippen molar-refractivity contribution < 1.29 is 21.5 Å². The summed E-state index contributed by atoms with van der Waals surface area (Å²) in [7, 11) is 2.30. The van der Waals surface area contributed by atoms with Gasteiger partial charge in [0.1, 0.15) is 0 Å². The average Bonchev–Trinajstić information content (AvgIpc) is 2.24. The molecule has 0 rings (SSSR count). The summed E-state index contributed by atoms with van der Waals surface area (Å²) in [5.41, 5.74) is 0. The molecule has 0 amide bonds. The fourth-order valence-electron chi connectivity index (χ4n) is 2.15. The number of likely N-dealkylation sites (N-methyl/N-ethyl adjacent to an activating group) is 1. The molecule has 0 spiro atoms. The Bertz CT molecular complexity index is 179. The Hall–Kier alpha value is -0.0800. The molecule has 0 aromatic rings. The first-order valence-electron chi connectivity index (χ1n) is 6.74. The van der Waals surface area contributed by atoms with Crippen molar-refractivity contribution in [3.63, 3.8) is 0 Å². The molecule has 0 aliphatic rings. The van der Waals surface area contributed by atoms with Gasteiger partial charge in [0, 0.05) is 0 Å². The molecule has 1 nitrogen and oxygen atoms in total. The Labute approximate surface area is 119 Å². The summed E-state index contributed by atoms with van der Waals surface area (Å²) >= 11 is 0. The highest BCUT2D eigenvalue weighted by molar-refractivity contribution is 4.70. The van der Waals surface area contributed by atoms with Gasteiger partial charge in [0.05, 0.1) is 26.7 Å². The molecule has 0 aromatic heterocycles. The van der Waals surface area contributed by atoms with Crippen molar-refractivity contribution in [3.05, 3.63) is 25.3 Å². The Kier molecular flexibility index (Phi) is 14.0. The monoisotopic (exact) mass is 303 g/mol. The predicted octanol–water partition coefficient (Wildman–Crippen LogP) is 1.17. The molecule has 0 fully saturated rings. The molecule has 0 unspecified atom stereocenters. The molecule has 102 valence electrons. The van der Waals surface area contributed by atoms with E-state index in [0.29, 0.717) is 0 Å². The Balaban J connectivity index is 0. The van der Waals surface area contributed by atoms with E-state index in [1.807, 2.05) is 12.2 Å². The average molecular weight is 304 g/mol. The lowest BCUT2D eigenvalue weighted by Crippen LogP contribution is -3.00. The molecule has 0 aromatic carbocycles. The van der Waals surface area contributed by atoms with Crippen molar-refractivity contribution >= 4 is 0 Å². The Morgan fingerprint density at radius 1 is 0.882 bits per heavy atom. The lowest BCUT2D eigenvalue weighted by molar-refractivity contribution is -0.898. The number of hydrogen-bond donors (Lipinski definition) is 0. The third kappa shape index (κ3) is 10.8. The quantitative estimate of drug-likeness (QED) is 0.305. The van der Waals surface area contributed by atoms with E-state index < -0.39 is 0 Å². The minimum Gasteiger partial charge on any atom is -1.00 e. The summed E-state index contributed by atoms with van der Waals surface area (Å²) in [4.78, 5) is 0. The summed E-state index contributed by atoms with van der Waals surface area (Å²) in [6, 6.07) is 0. The van der Waals surface area contributed by atoms with Gasteiger partial charge in [-0.15, -0.1) is 0 Å². The van der Waals surface area contributed by atoms with Crippen LogP contribution in [-0.2, 0) is 0 Å². The van der Waals surface area contributed by atoms with E-state index in [1.54, 1.807) is 0 Å². The van der Waals surface area contributed by atoms with Crippen LogP contribution in [0.15, 0.2) is 25.3 Å². The van der Waals surface area contributed by atoms with Crippen molar-refractivity contribution in [3.8, 4) is 0 Å². The summed E-state index contributed by atoms with van der Waals surface area (Å²) in [5.74, 6) is 0. The van der Waals surface area contributed by atoms with Crippen LogP contribution in [-0.4, -0.2) is 31.2 Å². The van der Waals surface area contributed by atoms with Gasteiger partial charge in [0.25, 0.3) is 0 Å². The van der Waals surface area contributed by atoms with Crippen LogP contribution in [0.1, 0.15) is 45.4 Å². The zero-order valence-electron chi connectivity index (χ0n) is 11.8. The molecule has 0 atom stereocenters. The van der Waals surface area contributed by atoms with Gasteiger partial charge in [0.15, 0.2) is 0 Å². The van der Waals surface area contributed by atoms with E-state index >= 15 is 0 Å². The van der Waals surface area contributed by atoms with E-state index in [4.69, 9.17) is 0 Å². The zero-order chi connectivity index (χ0) is 12.3. The molecule has 17 heavy (non-hydrogen) atoms. The fraction of sp³-hybridized carbons (Fsp3) is 0.733. The van der Waals surface area contributed by atoms with Crippen LogP contribution < -0.4 is 17.0 Å². The van der Waals surface area contributed by atoms with Crippen LogP contribution in [0.3, 0.4) is 0 Å². The maximum Gasteiger partial charge on any atom is 0.0971 e. The number of rotatable bonds is 11. The molecule has 0 saturated carbocycles. The first-order chi connectivity index (χ1) is 7.68. The van der Waals surface area contributed by atoms with E-state index in [2.05, 4.69) is 27.1 Å². The van der Waals surface area contributed by atoms with Crippen molar-refractivity contribution in [2.24, 2.45) is 0 Å². The highest BCUT2D eigenvalue weighted by atomic mass is 79.9. The molecule has 0 aliphatic carbocycles. The molecule has 0 N–H and O–H groups in total. The molecule has 2 heteroatoms. The maximum atomic E-state index is 3.85. The minimum atomic E-state index is 0. The Morgan fingerprint density at radius 2 is 1.35 bits per heavy atom. The predicted molar refractivity (Wildman–Crippen MR) is 74.6 cm³/mol. The second kappa shape index (κ2) is 12.4. The van der Waals surface area contributed by atoms with Crippen molar-refractivity contribution in [2.45, 2.75) is 45.4 Å². The number of hydrogen-bond acceptors (Lipinski definition) is 0. The molecule has 0 radical (unpaired) electrons. The van der Waals surface area contributed by atoms with E-state index in [1.165, 1.54) is 45.1 Å². The molecular weight excluding hydrogens is 274 g/mol. The van der Waals surface area contributed by atoms with Gasteiger partial charge < -0.3 is 21.5 Å². The van der Waals surface area contributed by atoms with E-state index in [-0.39, 0.29) is 17.0 Å². The topological polar surface area (TPSA) is 0 Å². The van der Waals surface area contributed by atoms with Gasteiger partial charge in [-0.25, -0.2) is 0 Å². The summed E-state index contributed by atoms with van der Waals surface area (Å²) in [6.45, 7) is 13.3. The van der Waals surface area contributed by atoms with Gasteiger partial charge in [-0.3, -0.25) is 0 Å². The molecule has 0 bridgehead atoms. The summed E-state index contributed by atoms with van der Waals surface area (Å²) in [6.07, 6.45) is 12.3. The first-order valence-corrected chi connectivity index (χ1v) is 6.74. The number of quaternary nitrogens is 1. The summed E-state index contributed by atoms with van der Waals surface area (Å²) < 4.78 is 1.07. The van der Waals surface area contributed by atoms with E-state index in [0.717, 1.165) is 17.6 Å². The van der Waals surface area contributed by atoms with Gasteiger partial charge in [-0.2, -0.15) is 0 Å². The molecule has 0 aliphatic heterocycles. The Morgan fingerprint density at radius 3 is 1.82 bits per heavy atom. The van der Waals surface area contributed by atoms with Crippen LogP contribution in [0.25, 0.3) is 0 Å². The van der Waals surface area contributed by atoms with E-state index in [9.17, 15) is 0 Å². The van der Waals surface area contributed by atoms with Gasteiger partial charge in [-0.05, 0) is 25.0 Å². The zero-order valence-corrected chi connectivity index (χ0v) is 13.3. The summed E-state index contributed by atoms with van der Waals surface area (Å²) in [5, 5.41) is 0. The highest BCUT2D eigenvalue weighted by Gasteiger charge is 2.16. The fourth-order valence-corrected chi connectivity index (χ4v) is 2.15. The third-order valence-corrected chi connectivity index (χ3v) is 3.19. The molecule has 0 saturated heterocycles. The second-order valence-electron chi connectivity index (χ2n) is 5.05. The number of halogens is 1. The van der Waals surface area contributed by atoms with Gasteiger partial charge in [0.2, 0.25) is 0 Å². The third-order valence-electron chi connectivity index (χ3n) is 3.19. The number of unbranched alkanes of at least 4 members (excludes halogenated alkanes) is 5. The second-order valence-corrected chi connectivity index (χ2v) is 5.05. The minimum absolute atomic E-state index is 0. The first kappa shape index (κ1) is 19.3. The molecular formula is C15H30BrN. The van der Waals surface area contributed by atoms with Crippen LogP contribution in [0.2, 0.25) is 0 Å². The van der Waals surface area contributed by atoms with Crippen molar-refractivity contribution in [1.82, 2.24) is 0 Å². The van der Waals surface area contributed by atoms with Crippen molar-refractivity contribution in [1.29, 1.82) is 0 Å². The van der Waals surface area contributed by atoms with Gasteiger partial charge >= 0.3 is 0 Å². The SMILES string of the molecule is C=CC[N+](C)(CC=C)CCCCCCCC.[Br-]. The lowest BCUT2D eigenvalue weighted by Gasteiger charge is -2.32. The standard InChI is InChI=1S/C15H30N.BrH/c1-5-8-9-10-11-12-15-16(4,13-6-2)14-7-3;/h6-7H,2-3,5,8-15H2,1,4H3;1H/q+1;/p-1. The van der Waals surface area contributed by atoms with Gasteiger partial charge in [-0.1, -0.05) is 45.8 Å². The lowest BCUT2D eigenvalue weighted by atomic mass is 10.1. The van der Waals surface area contributed by atoms with Crippen molar-refractivity contribution in [2.75, 3.05) is 26.7 Å². The van der Waals surface area contributed by atoms with Crippen LogP contribution >= 0.6 is 0 Å². The largest absolute Gasteiger partial charge is 1.00 e. The normalized spacial score (nSPS) is 10.7. The van der Waals surface area contributed by atoms with Crippen LogP contribution in [0, 0.1) is 0 Å². The highest BCUT2D eigenvalue weighted by Crippen LogP contribution is 2.10. The van der Waals surface area contributed by atoms with Crippen LogP contribution in [0.5, 0.6) is 0 Å². The number of nitrogens with zero attached hydrogens (tertiary/aromatic N) is 1. The molecule has 0 heterocycles. The van der Waals surface area contributed by atoms with Crippen LogP contribution in [0.4, 0.5) is 0 Å².